The zero-order valence-corrected chi connectivity index (χ0v) is 15.7. The van der Waals surface area contributed by atoms with Crippen molar-refractivity contribution < 1.29 is 9.32 Å². The lowest BCUT2D eigenvalue weighted by Crippen LogP contribution is -3.13. The van der Waals surface area contributed by atoms with Gasteiger partial charge in [-0.2, -0.15) is 0 Å². The van der Waals surface area contributed by atoms with Gasteiger partial charge in [0, 0.05) is 4.88 Å². The summed E-state index contributed by atoms with van der Waals surface area (Å²) in [6.07, 6.45) is 7.39. The summed E-state index contributed by atoms with van der Waals surface area (Å²) in [6.45, 7) is 7.55. The summed E-state index contributed by atoms with van der Waals surface area (Å²) in [5, 5.41) is 4.77. The average molecular weight is 358 g/mol. The highest BCUT2D eigenvalue weighted by atomic mass is 32.1. The number of hydrogen-bond acceptors (Lipinski definition) is 5. The zero-order valence-electron chi connectivity index (χ0n) is 14.8. The number of thiophene rings is 1. The Kier molecular flexibility index (Phi) is 4.72. The van der Waals surface area contributed by atoms with Crippen LogP contribution < -0.4 is 10.2 Å². The number of furan rings is 1. The highest BCUT2D eigenvalue weighted by molar-refractivity contribution is 7.18. The number of fused-ring (bicyclic) bond motifs is 1. The van der Waals surface area contributed by atoms with Crippen LogP contribution in [0.15, 0.2) is 29.1 Å². The van der Waals surface area contributed by atoms with Crippen molar-refractivity contribution in [2.45, 2.75) is 39.2 Å². The molecule has 0 amide bonds. The van der Waals surface area contributed by atoms with Gasteiger partial charge in [-0.05, 0) is 50.8 Å². The van der Waals surface area contributed by atoms with Crippen LogP contribution in [0.25, 0.3) is 10.2 Å². The van der Waals surface area contributed by atoms with Crippen LogP contribution in [0, 0.1) is 13.8 Å². The SMILES string of the molecule is Cc1sc2ncnc(NC[C@@H](c3ccco3)[NH+]3CCCCC3)c2c1C. The molecule has 0 saturated carbocycles. The first-order valence-corrected chi connectivity index (χ1v) is 9.88. The van der Waals surface area contributed by atoms with Gasteiger partial charge in [-0.15, -0.1) is 11.3 Å². The van der Waals surface area contributed by atoms with Crippen LogP contribution >= 0.6 is 11.3 Å². The molecule has 1 fully saturated rings. The smallest absolute Gasteiger partial charge is 0.163 e. The number of likely N-dealkylation sites (tertiary alicyclic amines) is 1. The summed E-state index contributed by atoms with van der Waals surface area (Å²) >= 11 is 1.74. The number of hydrogen-bond donors (Lipinski definition) is 2. The molecular weight excluding hydrogens is 332 g/mol. The standard InChI is InChI=1S/C19H24N4OS/c1-13-14(2)25-19-17(13)18(21-12-22-19)20-11-15(16-7-6-10-24-16)23-8-4-3-5-9-23/h6-7,10,12,15H,3-5,8-9,11H2,1-2H3,(H,20,21,22)/p+1/t15-/m0/s1. The van der Waals surface area contributed by atoms with E-state index in [0.29, 0.717) is 6.04 Å². The van der Waals surface area contributed by atoms with Crippen molar-refractivity contribution in [2.24, 2.45) is 0 Å². The Morgan fingerprint density at radius 2 is 2.08 bits per heavy atom. The lowest BCUT2D eigenvalue weighted by Gasteiger charge is -2.30. The fourth-order valence-corrected chi connectivity index (χ4v) is 4.80. The van der Waals surface area contributed by atoms with Gasteiger partial charge in [-0.25, -0.2) is 9.97 Å². The highest BCUT2D eigenvalue weighted by Crippen LogP contribution is 2.32. The molecule has 1 saturated heterocycles. The molecule has 0 aromatic carbocycles. The summed E-state index contributed by atoms with van der Waals surface area (Å²) in [5.41, 5.74) is 1.28. The molecule has 4 heterocycles. The molecule has 1 aliphatic heterocycles. The normalized spacial score (nSPS) is 17.0. The first-order chi connectivity index (χ1) is 12.2. The predicted octanol–water partition coefficient (Wildman–Crippen LogP) is 3.12. The summed E-state index contributed by atoms with van der Waals surface area (Å²) in [7, 11) is 0. The molecule has 0 spiro atoms. The van der Waals surface area contributed by atoms with E-state index in [1.807, 2.05) is 6.07 Å². The Labute approximate surface area is 152 Å². The van der Waals surface area contributed by atoms with E-state index in [-0.39, 0.29) is 0 Å². The van der Waals surface area contributed by atoms with Crippen molar-refractivity contribution in [3.05, 3.63) is 40.9 Å². The molecule has 3 aromatic rings. The van der Waals surface area contributed by atoms with Crippen molar-refractivity contribution in [3.63, 3.8) is 0 Å². The molecule has 25 heavy (non-hydrogen) atoms. The van der Waals surface area contributed by atoms with E-state index in [9.17, 15) is 0 Å². The van der Waals surface area contributed by atoms with Crippen molar-refractivity contribution in [1.29, 1.82) is 0 Å². The Bertz CT molecular complexity index is 837. The minimum absolute atomic E-state index is 0.320. The van der Waals surface area contributed by atoms with Gasteiger partial charge >= 0.3 is 0 Å². The van der Waals surface area contributed by atoms with E-state index < -0.39 is 0 Å². The van der Waals surface area contributed by atoms with E-state index >= 15 is 0 Å². The van der Waals surface area contributed by atoms with E-state index in [4.69, 9.17) is 4.42 Å². The molecule has 132 valence electrons. The van der Waals surface area contributed by atoms with E-state index in [1.165, 1.54) is 42.8 Å². The number of quaternary nitrogens is 1. The topological polar surface area (TPSA) is 55.4 Å². The van der Waals surface area contributed by atoms with Gasteiger partial charge in [0.05, 0.1) is 31.3 Å². The maximum atomic E-state index is 5.76. The number of nitrogens with zero attached hydrogens (tertiary/aromatic N) is 2. The second-order valence-corrected chi connectivity index (χ2v) is 8.06. The molecule has 0 radical (unpaired) electrons. The van der Waals surface area contributed by atoms with Crippen molar-refractivity contribution in [2.75, 3.05) is 25.0 Å². The maximum Gasteiger partial charge on any atom is 0.163 e. The van der Waals surface area contributed by atoms with Crippen LogP contribution in [0.3, 0.4) is 0 Å². The average Bonchev–Trinajstić information content (AvgIpc) is 3.26. The lowest BCUT2D eigenvalue weighted by molar-refractivity contribution is -0.935. The minimum Gasteiger partial charge on any atom is -0.463 e. The fourth-order valence-electron chi connectivity index (χ4n) is 3.81. The number of aryl methyl sites for hydroxylation is 2. The van der Waals surface area contributed by atoms with Crippen LogP contribution in [0.1, 0.15) is 41.5 Å². The van der Waals surface area contributed by atoms with Crippen molar-refractivity contribution in [3.8, 4) is 0 Å². The van der Waals surface area contributed by atoms with Crippen molar-refractivity contribution >= 4 is 27.4 Å². The van der Waals surface area contributed by atoms with E-state index in [1.54, 1.807) is 28.8 Å². The monoisotopic (exact) mass is 357 g/mol. The molecule has 1 aliphatic rings. The van der Waals surface area contributed by atoms with Crippen LogP contribution in [-0.2, 0) is 0 Å². The number of aromatic nitrogens is 2. The first kappa shape index (κ1) is 16.5. The minimum atomic E-state index is 0.320. The summed E-state index contributed by atoms with van der Waals surface area (Å²) < 4.78 is 5.76. The second kappa shape index (κ2) is 7.14. The molecule has 5 nitrogen and oxygen atoms in total. The fraction of sp³-hybridized carbons (Fsp3) is 0.474. The van der Waals surface area contributed by atoms with Gasteiger partial charge in [-0.1, -0.05) is 0 Å². The third kappa shape index (κ3) is 3.28. The quantitative estimate of drug-likeness (QED) is 0.737. The summed E-state index contributed by atoms with van der Waals surface area (Å²) in [4.78, 5) is 12.9. The largest absolute Gasteiger partial charge is 0.463 e. The molecule has 2 N–H and O–H groups in total. The molecule has 0 unspecified atom stereocenters. The van der Waals surface area contributed by atoms with Gasteiger partial charge in [-0.3, -0.25) is 0 Å². The maximum absolute atomic E-state index is 5.76. The third-order valence-corrected chi connectivity index (χ3v) is 6.43. The Hall–Kier alpha value is -1.92. The Balaban J connectivity index is 1.59. The first-order valence-electron chi connectivity index (χ1n) is 9.06. The molecule has 0 aliphatic carbocycles. The van der Waals surface area contributed by atoms with Crippen LogP contribution in [0.4, 0.5) is 5.82 Å². The van der Waals surface area contributed by atoms with Crippen molar-refractivity contribution in [1.82, 2.24) is 9.97 Å². The molecule has 3 aromatic heterocycles. The predicted molar refractivity (Wildman–Crippen MR) is 101 cm³/mol. The molecule has 4 rings (SSSR count). The van der Waals surface area contributed by atoms with Crippen LogP contribution in [-0.4, -0.2) is 29.6 Å². The molecule has 6 heteroatoms. The number of rotatable bonds is 5. The molecular formula is C19H25N4OS+. The van der Waals surface area contributed by atoms with Gasteiger partial charge in [0.1, 0.15) is 17.0 Å². The number of nitrogens with one attached hydrogen (secondary N) is 2. The van der Waals surface area contributed by atoms with E-state index in [2.05, 4.69) is 35.2 Å². The van der Waals surface area contributed by atoms with Gasteiger partial charge in [0.25, 0.3) is 0 Å². The second-order valence-electron chi connectivity index (χ2n) is 6.85. The highest BCUT2D eigenvalue weighted by Gasteiger charge is 2.28. The van der Waals surface area contributed by atoms with E-state index in [0.717, 1.165) is 28.3 Å². The Morgan fingerprint density at radius 1 is 1.24 bits per heavy atom. The van der Waals surface area contributed by atoms with Crippen LogP contribution in [0.5, 0.6) is 0 Å². The number of anilines is 1. The zero-order chi connectivity index (χ0) is 17.2. The number of piperidine rings is 1. The van der Waals surface area contributed by atoms with Gasteiger partial charge < -0.3 is 14.6 Å². The molecule has 1 atom stereocenters. The van der Waals surface area contributed by atoms with Gasteiger partial charge in [0.15, 0.2) is 11.8 Å². The summed E-state index contributed by atoms with van der Waals surface area (Å²) in [6, 6.07) is 4.41. The van der Waals surface area contributed by atoms with Gasteiger partial charge in [0.2, 0.25) is 0 Å². The summed E-state index contributed by atoms with van der Waals surface area (Å²) in [5.74, 6) is 2.01. The lowest BCUT2D eigenvalue weighted by atomic mass is 10.1. The van der Waals surface area contributed by atoms with Crippen LogP contribution in [0.2, 0.25) is 0 Å². The Morgan fingerprint density at radius 3 is 2.84 bits per heavy atom. The molecule has 0 bridgehead atoms. The third-order valence-electron chi connectivity index (χ3n) is 5.31.